The number of hydrogen-bond donors (Lipinski definition) is 0. The van der Waals surface area contributed by atoms with Crippen LogP contribution in [0.3, 0.4) is 0 Å². The highest BCUT2D eigenvalue weighted by atomic mass is 127. The van der Waals surface area contributed by atoms with Crippen LogP contribution in [-0.2, 0) is 0 Å². The Morgan fingerprint density at radius 3 is 2.36 bits per heavy atom. The first-order valence-corrected chi connectivity index (χ1v) is 10.7. The van der Waals surface area contributed by atoms with E-state index >= 15 is 0 Å². The molecule has 0 atom stereocenters. The fraction of sp³-hybridized carbons (Fsp3) is 0.0870. The van der Waals surface area contributed by atoms with Crippen LogP contribution in [0.5, 0.6) is 5.75 Å². The van der Waals surface area contributed by atoms with Gasteiger partial charge in [-0.3, -0.25) is 4.79 Å². The maximum atomic E-state index is 13.1. The van der Waals surface area contributed by atoms with Gasteiger partial charge in [0.1, 0.15) is 5.58 Å². The molecule has 0 bridgehead atoms. The van der Waals surface area contributed by atoms with Gasteiger partial charge in [0.2, 0.25) is 11.2 Å². The van der Waals surface area contributed by atoms with Crippen molar-refractivity contribution in [2.24, 2.45) is 0 Å². The first-order valence-electron chi connectivity index (χ1n) is 8.99. The van der Waals surface area contributed by atoms with Crippen LogP contribution in [0.25, 0.3) is 44.9 Å². The molecule has 5 heteroatoms. The van der Waals surface area contributed by atoms with Crippen molar-refractivity contribution in [1.29, 1.82) is 0 Å². The lowest BCUT2D eigenvalue weighted by molar-refractivity contribution is 0.582. The molecule has 0 radical (unpaired) electrons. The van der Waals surface area contributed by atoms with Gasteiger partial charge < -0.3 is 7.48 Å². The first-order chi connectivity index (χ1) is 13.7. The minimum Gasteiger partial charge on any atom is -0.452 e. The topological polar surface area (TPSA) is 39.4 Å². The highest BCUT2D eigenvalue weighted by Gasteiger charge is 2.18. The molecular formula is C23H15IO3S. The van der Waals surface area contributed by atoms with Crippen molar-refractivity contribution in [3.8, 4) is 27.5 Å². The fourth-order valence-corrected chi connectivity index (χ4v) is 4.71. The Morgan fingerprint density at radius 1 is 0.964 bits per heavy atom. The molecule has 0 N–H and O–H groups in total. The largest absolute Gasteiger partial charge is 0.452 e. The summed E-state index contributed by atoms with van der Waals surface area (Å²) in [5.74, 6) is 0.695. The summed E-state index contributed by atoms with van der Waals surface area (Å²) in [7, 11) is 0. The summed E-state index contributed by atoms with van der Waals surface area (Å²) < 4.78 is 11.6. The van der Waals surface area contributed by atoms with Crippen LogP contribution in [0.4, 0.5) is 0 Å². The van der Waals surface area contributed by atoms with Crippen molar-refractivity contribution in [3.63, 3.8) is 0 Å². The van der Waals surface area contributed by atoms with Crippen LogP contribution >= 0.6 is 34.3 Å². The lowest BCUT2D eigenvalue weighted by Gasteiger charge is -2.09. The molecule has 0 aliphatic heterocycles. The lowest BCUT2D eigenvalue weighted by atomic mass is 10.0. The molecule has 2 aromatic heterocycles. The molecule has 0 saturated heterocycles. The van der Waals surface area contributed by atoms with Gasteiger partial charge >= 0.3 is 0 Å². The zero-order valence-corrected chi connectivity index (χ0v) is 17.8. The Labute approximate surface area is 179 Å². The van der Waals surface area contributed by atoms with E-state index in [1.165, 1.54) is 4.88 Å². The Balaban J connectivity index is 1.72. The minimum absolute atomic E-state index is 0.144. The van der Waals surface area contributed by atoms with Crippen molar-refractivity contribution >= 4 is 57.5 Å². The lowest BCUT2D eigenvalue weighted by Crippen LogP contribution is -2.27. The van der Waals surface area contributed by atoms with E-state index in [1.54, 1.807) is 34.3 Å². The number of hydrogen-bond acceptors (Lipinski definition) is 4. The highest BCUT2D eigenvalue weighted by molar-refractivity contribution is 14.1. The first kappa shape index (κ1) is 17.7. The summed E-state index contributed by atoms with van der Waals surface area (Å²) >= 11 is 3.45. The van der Waals surface area contributed by atoms with Crippen molar-refractivity contribution < 1.29 is 7.48 Å². The Morgan fingerprint density at radius 2 is 1.68 bits per heavy atom. The van der Waals surface area contributed by atoms with Gasteiger partial charge in [0, 0.05) is 10.4 Å². The second kappa shape index (κ2) is 7.22. The molecule has 0 fully saturated rings. The molecule has 1 aliphatic rings. The number of rotatable bonds is 3. The van der Waals surface area contributed by atoms with Crippen molar-refractivity contribution in [3.05, 3.63) is 74.6 Å². The third-order valence-corrected chi connectivity index (χ3v) is 6.34. The van der Waals surface area contributed by atoms with Gasteiger partial charge in [0.05, 0.1) is 5.39 Å². The average Bonchev–Trinajstić information content (AvgIpc) is 3.27. The zero-order chi connectivity index (χ0) is 19.1. The summed E-state index contributed by atoms with van der Waals surface area (Å²) in [4.78, 5) is 14.3. The average molecular weight is 498 g/mol. The summed E-state index contributed by atoms with van der Waals surface area (Å²) in [5, 5.41) is 4.81. The van der Waals surface area contributed by atoms with Crippen LogP contribution in [-0.4, -0.2) is 0 Å². The van der Waals surface area contributed by atoms with E-state index in [4.69, 9.17) is 7.48 Å². The predicted molar refractivity (Wildman–Crippen MR) is 123 cm³/mol. The fourth-order valence-electron chi connectivity index (χ4n) is 3.58. The summed E-state index contributed by atoms with van der Waals surface area (Å²) in [6.45, 7) is 0. The molecule has 28 heavy (non-hydrogen) atoms. The zero-order valence-electron chi connectivity index (χ0n) is 14.8. The summed E-state index contributed by atoms with van der Waals surface area (Å²) in [6, 6.07) is 16.0. The minimum atomic E-state index is -0.144. The quantitative estimate of drug-likeness (QED) is 0.362. The summed E-state index contributed by atoms with van der Waals surface area (Å²) in [5.41, 5.74) is 2.40. The molecule has 0 amide bonds. The number of benzene rings is 2. The van der Waals surface area contributed by atoms with Crippen LogP contribution in [0.1, 0.15) is 12.8 Å². The summed E-state index contributed by atoms with van der Waals surface area (Å²) in [6.07, 6.45) is 6.35. The Hall–Kier alpha value is -2.38. The number of halogens is 1. The molecule has 0 spiro atoms. The van der Waals surface area contributed by atoms with E-state index < -0.39 is 0 Å². The van der Waals surface area contributed by atoms with E-state index in [2.05, 4.69) is 23.6 Å². The third kappa shape index (κ3) is 2.99. The van der Waals surface area contributed by atoms with Gasteiger partial charge in [0.25, 0.3) is 0 Å². The number of fused-ring (bicyclic) bond motifs is 2. The Kier molecular flexibility index (Phi) is 4.56. The molecule has 0 saturated carbocycles. The molecule has 2 aromatic carbocycles. The van der Waals surface area contributed by atoms with Crippen molar-refractivity contribution in [1.82, 2.24) is 0 Å². The van der Waals surface area contributed by atoms with Crippen LogP contribution < -0.4 is 18.9 Å². The van der Waals surface area contributed by atoms with Crippen LogP contribution in [0, 0.1) is 0 Å². The normalized spacial score (nSPS) is 12.9. The van der Waals surface area contributed by atoms with E-state index in [0.717, 1.165) is 34.4 Å². The van der Waals surface area contributed by atoms with Crippen molar-refractivity contribution in [2.45, 2.75) is 12.8 Å². The molecular weight excluding hydrogens is 483 g/mol. The van der Waals surface area contributed by atoms with Gasteiger partial charge in [0.15, 0.2) is 28.8 Å². The smallest absolute Gasteiger partial charge is 0.236 e. The molecule has 138 valence electrons. The van der Waals surface area contributed by atoms with Gasteiger partial charge in [-0.2, -0.15) is 0 Å². The van der Waals surface area contributed by atoms with Crippen molar-refractivity contribution in [2.75, 3.05) is 0 Å². The van der Waals surface area contributed by atoms with E-state index in [-0.39, 0.29) is 11.2 Å². The molecule has 2 heterocycles. The molecule has 0 unspecified atom stereocenters. The Bertz CT molecular complexity index is 1350. The SMILES string of the molecule is O=c1c(OI)c(-c2ccc(-c3cccs3)cc2)oc2cc3c(cc12)=CCCC=3. The van der Waals surface area contributed by atoms with Gasteiger partial charge in [-0.25, -0.2) is 0 Å². The van der Waals surface area contributed by atoms with E-state index in [9.17, 15) is 4.79 Å². The molecule has 3 nitrogen and oxygen atoms in total. The second-order valence-corrected chi connectivity index (χ2v) is 8.07. The molecule has 1 aliphatic carbocycles. The molecule has 5 rings (SSSR count). The number of thiophene rings is 1. The van der Waals surface area contributed by atoms with Gasteiger partial charge in [-0.1, -0.05) is 42.5 Å². The maximum absolute atomic E-state index is 13.1. The van der Waals surface area contributed by atoms with Gasteiger partial charge in [-0.15, -0.1) is 11.3 Å². The van der Waals surface area contributed by atoms with Gasteiger partial charge in [-0.05, 0) is 52.4 Å². The van der Waals surface area contributed by atoms with E-state index in [1.807, 2.05) is 42.5 Å². The highest BCUT2D eigenvalue weighted by Crippen LogP contribution is 2.33. The monoisotopic (exact) mass is 498 g/mol. The third-order valence-electron chi connectivity index (χ3n) is 4.98. The second-order valence-electron chi connectivity index (χ2n) is 6.68. The molecule has 4 aromatic rings. The standard InChI is InChI=1S/C23H15IO3S/c24-27-23-21(25)18-12-16-4-1-2-5-17(16)13-19(18)26-22(23)15-9-7-14(8-10-15)20-6-3-11-28-20/h3-13H,1-2H2. The predicted octanol–water partition coefficient (Wildman–Crippen LogP) is 5.27. The maximum Gasteiger partial charge on any atom is 0.236 e. The van der Waals surface area contributed by atoms with Crippen LogP contribution in [0.2, 0.25) is 0 Å². The van der Waals surface area contributed by atoms with Crippen LogP contribution in [0.15, 0.2) is 63.1 Å². The van der Waals surface area contributed by atoms with E-state index in [0.29, 0.717) is 16.7 Å².